The number of H-pyrrole nitrogens is 1. The first-order valence-electron chi connectivity index (χ1n) is 7.68. The summed E-state index contributed by atoms with van der Waals surface area (Å²) in [5.41, 5.74) is 0.855. The van der Waals surface area contributed by atoms with E-state index in [-0.39, 0.29) is 5.92 Å². The summed E-state index contributed by atoms with van der Waals surface area (Å²) >= 11 is 5.23. The SMILES string of the molecule is CCOc1ccc(/C=N\n2c(C(C)C)n[nH]c2=S)c(OCC)c1. The number of nitrogens with zero attached hydrogens (tertiary/aromatic N) is 3. The van der Waals surface area contributed by atoms with Gasteiger partial charge in [0, 0.05) is 17.5 Å². The lowest BCUT2D eigenvalue weighted by atomic mass is 10.2. The van der Waals surface area contributed by atoms with Crippen LogP contribution >= 0.6 is 12.2 Å². The molecular formula is C16H22N4O2S. The third-order valence-corrected chi connectivity index (χ3v) is 3.36. The Hall–Kier alpha value is -2.15. The van der Waals surface area contributed by atoms with Gasteiger partial charge in [-0.25, -0.2) is 0 Å². The van der Waals surface area contributed by atoms with E-state index in [2.05, 4.69) is 15.3 Å². The van der Waals surface area contributed by atoms with Crippen LogP contribution in [0.3, 0.4) is 0 Å². The second kappa shape index (κ2) is 7.92. The number of benzene rings is 1. The van der Waals surface area contributed by atoms with Gasteiger partial charge < -0.3 is 9.47 Å². The van der Waals surface area contributed by atoms with E-state index in [0.717, 1.165) is 22.9 Å². The van der Waals surface area contributed by atoms with Crippen molar-refractivity contribution >= 4 is 18.4 Å². The highest BCUT2D eigenvalue weighted by Crippen LogP contribution is 2.24. The number of hydrogen-bond acceptors (Lipinski definition) is 5. The molecule has 2 aromatic rings. The summed E-state index contributed by atoms with van der Waals surface area (Å²) in [6.07, 6.45) is 1.72. The second-order valence-electron chi connectivity index (χ2n) is 5.16. The summed E-state index contributed by atoms with van der Waals surface area (Å²) in [5, 5.41) is 11.4. The Labute approximate surface area is 141 Å². The maximum absolute atomic E-state index is 5.67. The Morgan fingerprint density at radius 3 is 2.70 bits per heavy atom. The normalized spacial score (nSPS) is 11.3. The van der Waals surface area contributed by atoms with Gasteiger partial charge in [-0.3, -0.25) is 5.10 Å². The van der Waals surface area contributed by atoms with Crippen molar-refractivity contribution in [3.63, 3.8) is 0 Å². The molecule has 0 aliphatic rings. The van der Waals surface area contributed by atoms with Crippen LogP contribution in [0.2, 0.25) is 0 Å². The fourth-order valence-corrected chi connectivity index (χ4v) is 2.25. The molecule has 1 heterocycles. The first-order chi connectivity index (χ1) is 11.1. The van der Waals surface area contributed by atoms with Gasteiger partial charge in [-0.1, -0.05) is 13.8 Å². The molecule has 0 amide bonds. The molecular weight excluding hydrogens is 312 g/mol. The van der Waals surface area contributed by atoms with E-state index in [1.807, 2.05) is 45.9 Å². The molecule has 0 unspecified atom stereocenters. The standard InChI is InChI=1S/C16H22N4O2S/c1-5-21-13-8-7-12(14(9-13)22-6-2)10-17-20-15(11(3)4)18-19-16(20)23/h7-11H,5-6H2,1-4H3,(H,19,23)/b17-10-. The molecule has 1 aromatic carbocycles. The van der Waals surface area contributed by atoms with Crippen LogP contribution in [0.4, 0.5) is 0 Å². The molecule has 124 valence electrons. The van der Waals surface area contributed by atoms with E-state index in [1.165, 1.54) is 0 Å². The zero-order chi connectivity index (χ0) is 16.8. The zero-order valence-corrected chi connectivity index (χ0v) is 14.7. The molecule has 23 heavy (non-hydrogen) atoms. The Morgan fingerprint density at radius 1 is 1.30 bits per heavy atom. The predicted molar refractivity (Wildman–Crippen MR) is 93.3 cm³/mol. The zero-order valence-electron chi connectivity index (χ0n) is 13.9. The van der Waals surface area contributed by atoms with Crippen molar-refractivity contribution in [1.82, 2.24) is 14.9 Å². The fourth-order valence-electron chi connectivity index (χ4n) is 2.07. The molecule has 0 aliphatic carbocycles. The van der Waals surface area contributed by atoms with Crippen molar-refractivity contribution in [1.29, 1.82) is 0 Å². The molecule has 0 atom stereocenters. The molecule has 1 N–H and O–H groups in total. The summed E-state index contributed by atoms with van der Waals surface area (Å²) in [6.45, 7) is 9.15. The van der Waals surface area contributed by atoms with Crippen LogP contribution in [-0.4, -0.2) is 34.3 Å². The number of ether oxygens (including phenoxy) is 2. The molecule has 0 saturated heterocycles. The van der Waals surface area contributed by atoms with Gasteiger partial charge in [0.25, 0.3) is 0 Å². The van der Waals surface area contributed by atoms with Gasteiger partial charge in [0.05, 0.1) is 19.4 Å². The predicted octanol–water partition coefficient (Wildman–Crippen LogP) is 3.74. The smallest absolute Gasteiger partial charge is 0.216 e. The van der Waals surface area contributed by atoms with Gasteiger partial charge in [0.15, 0.2) is 5.82 Å². The van der Waals surface area contributed by atoms with E-state index in [9.17, 15) is 0 Å². The number of nitrogens with one attached hydrogen (secondary N) is 1. The minimum Gasteiger partial charge on any atom is -0.494 e. The minimum atomic E-state index is 0.215. The van der Waals surface area contributed by atoms with Crippen LogP contribution < -0.4 is 9.47 Å². The van der Waals surface area contributed by atoms with Gasteiger partial charge in [-0.2, -0.15) is 14.9 Å². The lowest BCUT2D eigenvalue weighted by molar-refractivity contribution is 0.323. The Bertz CT molecular complexity index is 734. The molecule has 6 nitrogen and oxygen atoms in total. The first-order valence-corrected chi connectivity index (χ1v) is 8.08. The number of aromatic amines is 1. The average Bonchev–Trinajstić information content (AvgIpc) is 2.88. The lowest BCUT2D eigenvalue weighted by Crippen LogP contribution is -2.02. The maximum atomic E-state index is 5.67. The second-order valence-corrected chi connectivity index (χ2v) is 5.55. The maximum Gasteiger partial charge on any atom is 0.216 e. The molecule has 0 radical (unpaired) electrons. The van der Waals surface area contributed by atoms with Crippen LogP contribution in [0, 0.1) is 4.77 Å². The summed E-state index contributed by atoms with van der Waals surface area (Å²) < 4.78 is 13.3. The van der Waals surface area contributed by atoms with E-state index < -0.39 is 0 Å². The largest absolute Gasteiger partial charge is 0.494 e. The van der Waals surface area contributed by atoms with Crippen molar-refractivity contribution < 1.29 is 9.47 Å². The van der Waals surface area contributed by atoms with E-state index >= 15 is 0 Å². The Balaban J connectivity index is 2.35. The molecule has 1 aromatic heterocycles. The third-order valence-electron chi connectivity index (χ3n) is 3.10. The van der Waals surface area contributed by atoms with Crippen LogP contribution in [0.15, 0.2) is 23.3 Å². The summed E-state index contributed by atoms with van der Waals surface area (Å²) in [4.78, 5) is 0. The van der Waals surface area contributed by atoms with Gasteiger partial charge in [-0.05, 0) is 38.2 Å². The van der Waals surface area contributed by atoms with Gasteiger partial charge in [0.1, 0.15) is 11.5 Å². The van der Waals surface area contributed by atoms with Crippen molar-refractivity contribution in [3.8, 4) is 11.5 Å². The highest BCUT2D eigenvalue weighted by Gasteiger charge is 2.09. The van der Waals surface area contributed by atoms with E-state index in [4.69, 9.17) is 21.7 Å². The number of rotatable bonds is 7. The molecule has 0 aliphatic heterocycles. The summed E-state index contributed by atoms with van der Waals surface area (Å²) in [5.74, 6) is 2.50. The summed E-state index contributed by atoms with van der Waals surface area (Å²) in [6, 6.07) is 5.68. The van der Waals surface area contributed by atoms with Crippen LogP contribution in [0.25, 0.3) is 0 Å². The van der Waals surface area contributed by atoms with Crippen LogP contribution in [0.5, 0.6) is 11.5 Å². The van der Waals surface area contributed by atoms with Gasteiger partial charge in [-0.15, -0.1) is 0 Å². The molecule has 0 bridgehead atoms. The fraction of sp³-hybridized carbons (Fsp3) is 0.438. The van der Waals surface area contributed by atoms with Crippen molar-refractivity contribution in [2.75, 3.05) is 13.2 Å². The van der Waals surface area contributed by atoms with Gasteiger partial charge in [0.2, 0.25) is 4.77 Å². The van der Waals surface area contributed by atoms with Crippen LogP contribution in [-0.2, 0) is 0 Å². The quantitative estimate of drug-likeness (QED) is 0.619. The minimum absolute atomic E-state index is 0.215. The van der Waals surface area contributed by atoms with Crippen LogP contribution in [0.1, 0.15) is 45.0 Å². The number of hydrogen-bond donors (Lipinski definition) is 1. The van der Waals surface area contributed by atoms with Crippen molar-refractivity contribution in [3.05, 3.63) is 34.4 Å². The van der Waals surface area contributed by atoms with E-state index in [1.54, 1.807) is 10.9 Å². The first kappa shape index (κ1) is 17.2. The Kier molecular flexibility index (Phi) is 5.92. The average molecular weight is 334 g/mol. The van der Waals surface area contributed by atoms with Crippen molar-refractivity contribution in [2.45, 2.75) is 33.6 Å². The van der Waals surface area contributed by atoms with Crippen molar-refractivity contribution in [2.24, 2.45) is 5.10 Å². The third kappa shape index (κ3) is 4.19. The highest BCUT2D eigenvalue weighted by atomic mass is 32.1. The highest BCUT2D eigenvalue weighted by molar-refractivity contribution is 7.71. The topological polar surface area (TPSA) is 64.4 Å². The molecule has 0 fully saturated rings. The monoisotopic (exact) mass is 334 g/mol. The van der Waals surface area contributed by atoms with E-state index in [0.29, 0.717) is 18.0 Å². The molecule has 0 spiro atoms. The molecule has 7 heteroatoms. The summed E-state index contributed by atoms with van der Waals surface area (Å²) in [7, 11) is 0. The van der Waals surface area contributed by atoms with Gasteiger partial charge >= 0.3 is 0 Å². The Morgan fingerprint density at radius 2 is 2.04 bits per heavy atom. The molecule has 2 rings (SSSR count). The number of aromatic nitrogens is 3. The lowest BCUT2D eigenvalue weighted by Gasteiger charge is -2.10. The molecule has 0 saturated carbocycles.